The molecule has 0 unspecified atom stereocenters. The van der Waals surface area contributed by atoms with E-state index in [1.807, 2.05) is 32.9 Å². The fraction of sp³-hybridized carbons (Fsp3) is 0.522. The zero-order valence-corrected chi connectivity index (χ0v) is 19.5. The summed E-state index contributed by atoms with van der Waals surface area (Å²) in [6.45, 7) is 11.6. The smallest absolute Gasteiger partial charge is 0.414 e. The Hall–Kier alpha value is -1.79. The number of rotatable bonds is 7. The average Bonchev–Trinajstić information content (AvgIpc) is 3.45. The van der Waals surface area contributed by atoms with Gasteiger partial charge < -0.3 is 14.2 Å². The van der Waals surface area contributed by atoms with Gasteiger partial charge >= 0.3 is 6.09 Å². The molecule has 1 heterocycles. The van der Waals surface area contributed by atoms with Crippen LogP contribution in [0.4, 0.5) is 10.5 Å². The van der Waals surface area contributed by atoms with Crippen LogP contribution in [0.15, 0.2) is 28.7 Å². The summed E-state index contributed by atoms with van der Waals surface area (Å²) < 4.78 is 18.1. The van der Waals surface area contributed by atoms with E-state index < -0.39 is 5.60 Å². The summed E-state index contributed by atoms with van der Waals surface area (Å²) in [4.78, 5) is 14.7. The lowest BCUT2D eigenvalue weighted by Gasteiger charge is -2.29. The molecular weight excluding hydrogens is 434 g/mol. The predicted molar refractivity (Wildman–Crippen MR) is 120 cm³/mol. The Kier molecular flexibility index (Phi) is 6.74. The van der Waals surface area contributed by atoms with Crippen LogP contribution in [0.5, 0.6) is 5.75 Å². The van der Waals surface area contributed by atoms with Gasteiger partial charge in [-0.05, 0) is 55.6 Å². The molecule has 0 aromatic heterocycles. The van der Waals surface area contributed by atoms with Gasteiger partial charge in [0.2, 0.25) is 0 Å². The maximum Gasteiger partial charge on any atom is 0.414 e. The highest BCUT2D eigenvalue weighted by Gasteiger charge is 2.33. The molecule has 158 valence electrons. The maximum absolute atomic E-state index is 13.1. The number of fused-ring (bicyclic) bond motifs is 1. The van der Waals surface area contributed by atoms with Gasteiger partial charge in [0.1, 0.15) is 11.4 Å². The molecule has 1 aliphatic rings. The average molecular weight is 464 g/mol. The van der Waals surface area contributed by atoms with Crippen molar-refractivity contribution in [1.29, 1.82) is 0 Å². The quantitative estimate of drug-likeness (QED) is 0.360. The molecule has 1 saturated heterocycles. The summed E-state index contributed by atoms with van der Waals surface area (Å²) >= 11 is 3.76. The van der Waals surface area contributed by atoms with E-state index >= 15 is 0 Å². The van der Waals surface area contributed by atoms with Crippen LogP contribution in [0.1, 0.15) is 46.1 Å². The highest BCUT2D eigenvalue weighted by Crippen LogP contribution is 2.42. The Morgan fingerprint density at radius 2 is 2.07 bits per heavy atom. The van der Waals surface area contributed by atoms with Crippen molar-refractivity contribution in [2.75, 3.05) is 24.7 Å². The lowest BCUT2D eigenvalue weighted by molar-refractivity contribution is 0.0577. The van der Waals surface area contributed by atoms with Crippen LogP contribution in [0.25, 0.3) is 10.8 Å². The van der Waals surface area contributed by atoms with Gasteiger partial charge in [0.05, 0.1) is 31.5 Å². The second kappa shape index (κ2) is 8.92. The van der Waals surface area contributed by atoms with Gasteiger partial charge in [0.15, 0.2) is 0 Å². The predicted octanol–water partition coefficient (Wildman–Crippen LogP) is 6.23. The maximum atomic E-state index is 13.1. The van der Waals surface area contributed by atoms with Crippen molar-refractivity contribution in [3.63, 3.8) is 0 Å². The van der Waals surface area contributed by atoms with E-state index in [1.54, 1.807) is 4.90 Å². The molecule has 0 radical (unpaired) electrons. The Labute approximate surface area is 181 Å². The van der Waals surface area contributed by atoms with Crippen LogP contribution in [0.3, 0.4) is 0 Å². The number of anilines is 1. The first-order chi connectivity index (χ1) is 13.7. The number of amides is 1. The molecule has 0 N–H and O–H groups in total. The second-order valence-corrected chi connectivity index (χ2v) is 9.25. The molecule has 0 bridgehead atoms. The molecule has 1 amide bonds. The first-order valence-electron chi connectivity index (χ1n) is 10.2. The molecule has 1 atom stereocenters. The van der Waals surface area contributed by atoms with Gasteiger partial charge in [0, 0.05) is 21.3 Å². The van der Waals surface area contributed by atoms with Crippen LogP contribution in [-0.2, 0) is 9.47 Å². The number of epoxide rings is 1. The Bertz CT molecular complexity index is 887. The van der Waals surface area contributed by atoms with Crippen molar-refractivity contribution in [2.24, 2.45) is 0 Å². The van der Waals surface area contributed by atoms with Crippen LogP contribution in [0, 0.1) is 6.92 Å². The third-order valence-corrected chi connectivity index (χ3v) is 5.50. The van der Waals surface area contributed by atoms with E-state index in [0.717, 1.165) is 45.1 Å². The van der Waals surface area contributed by atoms with E-state index in [0.29, 0.717) is 19.8 Å². The number of nitrogens with zero attached hydrogens (tertiary/aromatic N) is 1. The van der Waals surface area contributed by atoms with Gasteiger partial charge in [-0.25, -0.2) is 4.79 Å². The summed E-state index contributed by atoms with van der Waals surface area (Å²) in [7, 11) is 0. The van der Waals surface area contributed by atoms with Gasteiger partial charge in [-0.15, -0.1) is 0 Å². The lowest BCUT2D eigenvalue weighted by atomic mass is 10.0. The Morgan fingerprint density at radius 3 is 2.69 bits per heavy atom. The monoisotopic (exact) mass is 463 g/mol. The van der Waals surface area contributed by atoms with Crippen molar-refractivity contribution in [1.82, 2.24) is 0 Å². The zero-order valence-electron chi connectivity index (χ0n) is 17.9. The third kappa shape index (κ3) is 5.43. The molecular formula is C23H30BrNO4. The van der Waals surface area contributed by atoms with E-state index in [1.165, 1.54) is 0 Å². The SMILES string of the molecule is CCCCOc1cc(N(C[C@@H]2CO2)C(=O)OC(C)(C)C)c(Br)c2c(C)cccc12. The standard InChI is InChI=1S/C23H30BrNO4/c1-6-7-11-27-19-12-18(21(24)20-15(2)9-8-10-17(19)20)25(13-16-14-28-16)22(26)29-23(3,4)5/h8-10,12,16H,6-7,11,13-14H2,1-5H3/t16-/m1/s1. The van der Waals surface area contributed by atoms with E-state index in [4.69, 9.17) is 14.2 Å². The molecule has 2 aromatic rings. The van der Waals surface area contributed by atoms with Crippen LogP contribution >= 0.6 is 15.9 Å². The van der Waals surface area contributed by atoms with Crippen molar-refractivity contribution in [2.45, 2.75) is 59.2 Å². The summed E-state index contributed by atoms with van der Waals surface area (Å²) in [6.07, 6.45) is 1.68. The molecule has 1 aliphatic heterocycles. The number of carbonyl (C=O) groups excluding carboxylic acids is 1. The van der Waals surface area contributed by atoms with Crippen molar-refractivity contribution in [3.05, 3.63) is 34.3 Å². The highest BCUT2D eigenvalue weighted by molar-refractivity contribution is 9.10. The molecule has 0 saturated carbocycles. The number of hydrogen-bond donors (Lipinski definition) is 0. The number of aryl methyl sites for hydroxylation is 1. The number of benzene rings is 2. The van der Waals surface area contributed by atoms with Gasteiger partial charge in [-0.3, -0.25) is 4.90 Å². The molecule has 1 fully saturated rings. The first-order valence-corrected chi connectivity index (χ1v) is 11.0. The lowest BCUT2D eigenvalue weighted by Crippen LogP contribution is -2.39. The topological polar surface area (TPSA) is 51.3 Å². The van der Waals surface area contributed by atoms with Gasteiger partial charge in [-0.1, -0.05) is 31.5 Å². The summed E-state index contributed by atoms with van der Waals surface area (Å²) in [5, 5.41) is 2.07. The number of carbonyl (C=O) groups is 1. The van der Waals surface area contributed by atoms with Crippen molar-refractivity contribution < 1.29 is 19.0 Å². The van der Waals surface area contributed by atoms with Crippen LogP contribution in [-0.4, -0.2) is 37.6 Å². The van der Waals surface area contributed by atoms with E-state index in [-0.39, 0.29) is 12.2 Å². The van der Waals surface area contributed by atoms with E-state index in [2.05, 4.69) is 41.9 Å². The van der Waals surface area contributed by atoms with Crippen molar-refractivity contribution >= 4 is 38.5 Å². The largest absolute Gasteiger partial charge is 0.493 e. The molecule has 3 rings (SSSR count). The molecule has 6 heteroatoms. The minimum Gasteiger partial charge on any atom is -0.493 e. The van der Waals surface area contributed by atoms with E-state index in [9.17, 15) is 4.79 Å². The number of unbranched alkanes of at least 4 members (excludes halogenated alkanes) is 1. The van der Waals surface area contributed by atoms with Crippen LogP contribution < -0.4 is 9.64 Å². The third-order valence-electron chi connectivity index (χ3n) is 4.70. The van der Waals surface area contributed by atoms with Crippen LogP contribution in [0.2, 0.25) is 0 Å². The zero-order chi connectivity index (χ0) is 21.2. The number of halogens is 1. The van der Waals surface area contributed by atoms with Gasteiger partial charge in [0.25, 0.3) is 0 Å². The summed E-state index contributed by atoms with van der Waals surface area (Å²) in [6, 6.07) is 8.09. The normalized spacial score (nSPS) is 16.0. The fourth-order valence-corrected chi connectivity index (χ4v) is 4.02. The summed E-state index contributed by atoms with van der Waals surface area (Å²) in [5.41, 5.74) is 1.27. The van der Waals surface area contributed by atoms with Gasteiger partial charge in [-0.2, -0.15) is 0 Å². The Morgan fingerprint density at radius 1 is 1.34 bits per heavy atom. The number of ether oxygens (including phenoxy) is 3. The summed E-state index contributed by atoms with van der Waals surface area (Å²) in [5.74, 6) is 0.778. The number of hydrogen-bond acceptors (Lipinski definition) is 4. The minimum atomic E-state index is -0.584. The molecule has 2 aromatic carbocycles. The molecule has 0 spiro atoms. The highest BCUT2D eigenvalue weighted by atomic mass is 79.9. The Balaban J connectivity index is 2.09. The minimum absolute atomic E-state index is 0.0337. The fourth-order valence-electron chi connectivity index (χ4n) is 3.17. The molecule has 0 aliphatic carbocycles. The second-order valence-electron chi connectivity index (χ2n) is 8.45. The molecule has 5 nitrogen and oxygen atoms in total. The molecule has 29 heavy (non-hydrogen) atoms. The first kappa shape index (κ1) is 21.9. The van der Waals surface area contributed by atoms with Crippen molar-refractivity contribution in [3.8, 4) is 5.75 Å².